The average Bonchev–Trinajstić information content (AvgIpc) is 3.21. The largest absolute Gasteiger partial charge is 0.347 e. The number of benzene rings is 2. The average molecular weight is 481 g/mol. The zero-order valence-electron chi connectivity index (χ0n) is 17.7. The number of nitrogens with zero attached hydrogens (tertiary/aromatic N) is 3. The maximum Gasteiger partial charge on any atom is 0.347 e. The van der Waals surface area contributed by atoms with Crippen molar-refractivity contribution in [2.45, 2.75) is 55.6 Å². The summed E-state index contributed by atoms with van der Waals surface area (Å²) in [5.74, 6) is 0.384. The molecule has 1 fully saturated rings. The van der Waals surface area contributed by atoms with Crippen LogP contribution in [0.4, 0.5) is 13.2 Å². The molecule has 4 rings (SSSR count). The number of halogens is 3. The fourth-order valence-corrected chi connectivity index (χ4v) is 5.56. The number of aryl methyl sites for hydroxylation is 1. The van der Waals surface area contributed by atoms with Crippen molar-refractivity contribution in [1.29, 1.82) is 0 Å². The quantitative estimate of drug-likeness (QED) is 0.512. The Morgan fingerprint density at radius 1 is 1.12 bits per heavy atom. The molecule has 3 aromatic rings. The molecule has 1 aliphatic rings. The second-order valence-electron chi connectivity index (χ2n) is 7.91. The Balaban J connectivity index is 1.64. The first kappa shape index (κ1) is 23.4. The number of sulfonamides is 1. The normalized spacial score (nSPS) is 23.7. The molecule has 1 saturated carbocycles. The topological polar surface area (TPSA) is 86.1 Å². The van der Waals surface area contributed by atoms with Crippen LogP contribution in [0, 0.1) is 6.92 Å². The molecule has 0 amide bonds. The first-order valence-corrected chi connectivity index (χ1v) is 11.9. The Labute approximate surface area is 189 Å². The van der Waals surface area contributed by atoms with Crippen LogP contribution in [0.2, 0.25) is 0 Å². The van der Waals surface area contributed by atoms with Gasteiger partial charge in [-0.05, 0) is 49.4 Å². The minimum Gasteiger partial charge on any atom is -0.312 e. The van der Waals surface area contributed by atoms with Crippen molar-refractivity contribution >= 4 is 10.0 Å². The maximum atomic E-state index is 15.7. The van der Waals surface area contributed by atoms with Crippen molar-refractivity contribution < 1.29 is 26.3 Å². The third kappa shape index (κ3) is 4.80. The summed E-state index contributed by atoms with van der Waals surface area (Å²) < 4.78 is 76.8. The molecule has 0 spiro atoms. The number of ether oxygens (including phenoxy) is 1. The Hall–Kier alpha value is -2.76. The molecule has 3 atom stereocenters. The third-order valence-electron chi connectivity index (χ3n) is 5.82. The van der Waals surface area contributed by atoms with Crippen LogP contribution < -0.4 is 4.72 Å². The van der Waals surface area contributed by atoms with Crippen LogP contribution in [-0.2, 0) is 14.8 Å². The van der Waals surface area contributed by atoms with Gasteiger partial charge in [0.15, 0.2) is 11.9 Å². The van der Waals surface area contributed by atoms with Gasteiger partial charge in [0.05, 0.1) is 10.9 Å². The van der Waals surface area contributed by atoms with Crippen molar-refractivity contribution in [3.8, 4) is 11.1 Å². The molecule has 1 N–H and O–H groups in total. The predicted molar refractivity (Wildman–Crippen MR) is 115 cm³/mol. The molecule has 0 bridgehead atoms. The molecule has 33 heavy (non-hydrogen) atoms. The highest BCUT2D eigenvalue weighted by Crippen LogP contribution is 2.41. The fraction of sp³-hybridized carbons (Fsp3) is 0.364. The number of rotatable bonds is 7. The highest BCUT2D eigenvalue weighted by molar-refractivity contribution is 7.89. The van der Waals surface area contributed by atoms with Gasteiger partial charge >= 0.3 is 6.61 Å². The van der Waals surface area contributed by atoms with Gasteiger partial charge in [0.1, 0.15) is 12.2 Å². The van der Waals surface area contributed by atoms with Crippen molar-refractivity contribution in [2.75, 3.05) is 0 Å². The first-order valence-electron chi connectivity index (χ1n) is 10.4. The van der Waals surface area contributed by atoms with Gasteiger partial charge in [-0.15, -0.1) is 10.2 Å². The van der Waals surface area contributed by atoms with E-state index < -0.39 is 34.6 Å². The molecule has 1 aromatic heterocycles. The highest BCUT2D eigenvalue weighted by Gasteiger charge is 2.52. The van der Waals surface area contributed by atoms with E-state index in [2.05, 4.69) is 19.7 Å². The summed E-state index contributed by atoms with van der Waals surface area (Å²) in [5, 5.41) is 7.52. The van der Waals surface area contributed by atoms with E-state index in [1.807, 2.05) is 30.3 Å². The smallest absolute Gasteiger partial charge is 0.312 e. The van der Waals surface area contributed by atoms with Gasteiger partial charge in [-0.25, -0.2) is 12.8 Å². The zero-order valence-corrected chi connectivity index (χ0v) is 18.6. The lowest BCUT2D eigenvalue weighted by Crippen LogP contribution is -2.61. The number of hydrogen-bond acceptors (Lipinski definition) is 5. The van der Waals surface area contributed by atoms with Crippen LogP contribution in [0.25, 0.3) is 11.1 Å². The monoisotopic (exact) mass is 480 g/mol. The Bertz CT molecular complexity index is 1190. The zero-order chi connectivity index (χ0) is 23.6. The lowest BCUT2D eigenvalue weighted by atomic mass is 9.86. The third-order valence-corrected chi connectivity index (χ3v) is 7.33. The molecule has 1 unspecified atom stereocenters. The number of nitrogens with one attached hydrogen (secondary N) is 1. The Morgan fingerprint density at radius 3 is 2.39 bits per heavy atom. The molecule has 0 saturated heterocycles. The van der Waals surface area contributed by atoms with Gasteiger partial charge in [-0.3, -0.25) is 4.74 Å². The van der Waals surface area contributed by atoms with Gasteiger partial charge in [0.2, 0.25) is 10.0 Å². The second kappa shape index (κ2) is 9.24. The fourth-order valence-electron chi connectivity index (χ4n) is 4.23. The van der Waals surface area contributed by atoms with Crippen molar-refractivity contribution in [3.63, 3.8) is 0 Å². The number of aromatic nitrogens is 3. The predicted octanol–water partition coefficient (Wildman–Crippen LogP) is 4.23. The SMILES string of the molecule is Cc1nncn1[C@@H]1CCC[C@](NS(=O)(=O)c2ccc(-c3ccccc3)cc2)(OC(F)F)C1F. The van der Waals surface area contributed by atoms with Crippen molar-refractivity contribution in [3.05, 3.63) is 66.7 Å². The molecule has 7 nitrogen and oxygen atoms in total. The summed E-state index contributed by atoms with van der Waals surface area (Å²) in [6.45, 7) is -1.78. The molecular weight excluding hydrogens is 457 g/mol. The molecule has 2 aromatic carbocycles. The van der Waals surface area contributed by atoms with Gasteiger partial charge in [-0.2, -0.15) is 13.5 Å². The summed E-state index contributed by atoms with van der Waals surface area (Å²) in [4.78, 5) is -0.186. The van der Waals surface area contributed by atoms with Gasteiger partial charge in [0, 0.05) is 0 Å². The van der Waals surface area contributed by atoms with Crippen molar-refractivity contribution in [2.24, 2.45) is 0 Å². The Morgan fingerprint density at radius 2 is 1.79 bits per heavy atom. The minimum atomic E-state index is -4.39. The minimum absolute atomic E-state index is 0.186. The summed E-state index contributed by atoms with van der Waals surface area (Å²) in [6.07, 6.45) is -0.514. The Kier molecular flexibility index (Phi) is 6.55. The van der Waals surface area contributed by atoms with E-state index in [-0.39, 0.29) is 17.7 Å². The van der Waals surface area contributed by atoms with Crippen LogP contribution in [-0.4, -0.2) is 41.7 Å². The molecule has 1 aliphatic carbocycles. The van der Waals surface area contributed by atoms with Crippen LogP contribution in [0.15, 0.2) is 65.8 Å². The van der Waals surface area contributed by atoms with E-state index >= 15 is 4.39 Å². The second-order valence-corrected chi connectivity index (χ2v) is 9.59. The van der Waals surface area contributed by atoms with Crippen LogP contribution in [0.1, 0.15) is 31.1 Å². The van der Waals surface area contributed by atoms with E-state index in [1.54, 1.807) is 19.1 Å². The van der Waals surface area contributed by atoms with Crippen LogP contribution >= 0.6 is 0 Å². The van der Waals surface area contributed by atoms with E-state index in [0.29, 0.717) is 12.2 Å². The summed E-state index contributed by atoms with van der Waals surface area (Å²) in [5.41, 5.74) is -0.780. The van der Waals surface area contributed by atoms with E-state index in [9.17, 15) is 17.2 Å². The summed E-state index contributed by atoms with van der Waals surface area (Å²) >= 11 is 0. The molecule has 0 radical (unpaired) electrons. The van der Waals surface area contributed by atoms with E-state index in [1.165, 1.54) is 23.0 Å². The first-order chi connectivity index (χ1) is 15.7. The van der Waals surface area contributed by atoms with E-state index in [0.717, 1.165) is 11.1 Å². The van der Waals surface area contributed by atoms with Crippen LogP contribution in [0.3, 0.4) is 0 Å². The molecule has 11 heteroatoms. The van der Waals surface area contributed by atoms with Crippen molar-refractivity contribution in [1.82, 2.24) is 19.5 Å². The van der Waals surface area contributed by atoms with Crippen LogP contribution in [0.5, 0.6) is 0 Å². The maximum absolute atomic E-state index is 15.7. The number of hydrogen-bond donors (Lipinski definition) is 1. The molecular formula is C22H23F3N4O3S. The number of alkyl halides is 3. The summed E-state index contributed by atoms with van der Waals surface area (Å²) in [7, 11) is -4.39. The molecule has 1 heterocycles. The lowest BCUT2D eigenvalue weighted by Gasteiger charge is -2.43. The molecule has 0 aliphatic heterocycles. The van der Waals surface area contributed by atoms with Gasteiger partial charge in [-0.1, -0.05) is 42.5 Å². The molecule has 176 valence electrons. The standard InChI is InChI=1S/C22H23F3N4O3S/c1-15-27-26-14-29(15)19-8-5-13-22(20(19)23,32-21(24)25)28-33(30,31)18-11-9-17(10-12-18)16-6-3-2-4-7-16/h2-4,6-7,9-12,14,19-21,28H,5,8,13H2,1H3/t19-,20?,22+/m1/s1. The van der Waals surface area contributed by atoms with E-state index in [4.69, 9.17) is 0 Å². The van der Waals surface area contributed by atoms with Gasteiger partial charge < -0.3 is 4.57 Å². The highest BCUT2D eigenvalue weighted by atomic mass is 32.2. The summed E-state index contributed by atoms with van der Waals surface area (Å²) in [6, 6.07) is 14.2. The lowest BCUT2D eigenvalue weighted by molar-refractivity contribution is -0.248. The van der Waals surface area contributed by atoms with Gasteiger partial charge in [0.25, 0.3) is 0 Å².